The molecule has 3 heterocycles. The van der Waals surface area contributed by atoms with Crippen molar-refractivity contribution in [3.05, 3.63) is 17.5 Å². The number of hydrogen-bond donors (Lipinski definition) is 1. The molecule has 0 bridgehead atoms. The highest BCUT2D eigenvalue weighted by Crippen LogP contribution is 2.11. The lowest BCUT2D eigenvalue weighted by Gasteiger charge is -2.33. The summed E-state index contributed by atoms with van der Waals surface area (Å²) in [7, 11) is 0. The molecule has 8 nitrogen and oxygen atoms in total. The Bertz CT molecular complexity index is 600. The van der Waals surface area contributed by atoms with Gasteiger partial charge in [-0.25, -0.2) is 4.79 Å². The number of aromatic nitrogens is 2. The summed E-state index contributed by atoms with van der Waals surface area (Å²) in [4.78, 5) is 27.1. The zero-order valence-electron chi connectivity index (χ0n) is 13.6. The molecule has 0 saturated carbocycles. The average Bonchev–Trinajstić information content (AvgIpc) is 3.05. The van der Waals surface area contributed by atoms with Gasteiger partial charge in [0.05, 0.1) is 31.5 Å². The van der Waals surface area contributed by atoms with Crippen molar-refractivity contribution in [2.45, 2.75) is 26.5 Å². The van der Waals surface area contributed by atoms with E-state index in [0.29, 0.717) is 39.3 Å². The number of ether oxygens (including phenoxy) is 1. The third kappa shape index (κ3) is 3.70. The topological polar surface area (TPSA) is 79.7 Å². The summed E-state index contributed by atoms with van der Waals surface area (Å²) < 4.78 is 7.74. The van der Waals surface area contributed by atoms with Gasteiger partial charge < -0.3 is 10.1 Å². The zero-order valence-corrected chi connectivity index (χ0v) is 13.6. The van der Waals surface area contributed by atoms with Gasteiger partial charge in [0, 0.05) is 31.9 Å². The first kappa shape index (κ1) is 15.9. The smallest absolute Gasteiger partial charge is 0.324 e. The first-order valence-corrected chi connectivity index (χ1v) is 7.96. The summed E-state index contributed by atoms with van der Waals surface area (Å²) in [5.74, 6) is -0.147. The van der Waals surface area contributed by atoms with Crippen LogP contribution < -0.4 is 5.32 Å². The molecule has 126 valence electrons. The van der Waals surface area contributed by atoms with E-state index in [0.717, 1.165) is 11.4 Å². The standard InChI is InChI=1S/C15H23N5O3/c1-11-7-12(2)20(17-11)9-13-8-18(5-6-23-13)10-14(21)19-4-3-16-15(19)22/h7,13H,3-6,8-10H2,1-2H3,(H,16,22)/t13-/m1/s1. The van der Waals surface area contributed by atoms with Crippen molar-refractivity contribution in [3.63, 3.8) is 0 Å². The molecule has 3 amide bonds. The SMILES string of the molecule is Cc1cc(C)n(C[C@H]2CN(CC(=O)N3CCNC3=O)CCO2)n1. The van der Waals surface area contributed by atoms with Gasteiger partial charge in [0.15, 0.2) is 0 Å². The van der Waals surface area contributed by atoms with Crippen molar-refractivity contribution >= 4 is 11.9 Å². The lowest BCUT2D eigenvalue weighted by atomic mass is 10.2. The van der Waals surface area contributed by atoms with Gasteiger partial charge in [-0.05, 0) is 19.9 Å². The molecule has 1 atom stereocenters. The Labute approximate surface area is 135 Å². The Morgan fingerprint density at radius 2 is 2.26 bits per heavy atom. The van der Waals surface area contributed by atoms with Gasteiger partial charge in [-0.3, -0.25) is 19.3 Å². The Balaban J connectivity index is 1.54. The zero-order chi connectivity index (χ0) is 16.4. The molecule has 3 rings (SSSR count). The van der Waals surface area contributed by atoms with E-state index in [-0.39, 0.29) is 24.6 Å². The maximum absolute atomic E-state index is 12.2. The van der Waals surface area contributed by atoms with Crippen LogP contribution in [0.2, 0.25) is 0 Å². The molecular formula is C15H23N5O3. The first-order valence-electron chi connectivity index (χ1n) is 7.96. The fourth-order valence-electron chi connectivity index (χ4n) is 3.07. The van der Waals surface area contributed by atoms with Crippen LogP contribution in [0.5, 0.6) is 0 Å². The fraction of sp³-hybridized carbons (Fsp3) is 0.667. The van der Waals surface area contributed by atoms with E-state index >= 15 is 0 Å². The van der Waals surface area contributed by atoms with Crippen molar-refractivity contribution < 1.29 is 14.3 Å². The van der Waals surface area contributed by atoms with E-state index in [9.17, 15) is 9.59 Å². The quantitative estimate of drug-likeness (QED) is 0.827. The molecule has 1 N–H and O–H groups in total. The third-order valence-electron chi connectivity index (χ3n) is 4.22. The molecule has 8 heteroatoms. The summed E-state index contributed by atoms with van der Waals surface area (Å²) in [6.07, 6.45) is 0.00181. The highest BCUT2D eigenvalue weighted by atomic mass is 16.5. The van der Waals surface area contributed by atoms with Crippen LogP contribution in [-0.4, -0.2) is 77.0 Å². The summed E-state index contributed by atoms with van der Waals surface area (Å²) in [5.41, 5.74) is 2.10. The second-order valence-electron chi connectivity index (χ2n) is 6.11. The Hall–Kier alpha value is -1.93. The van der Waals surface area contributed by atoms with Crippen molar-refractivity contribution in [1.29, 1.82) is 0 Å². The number of imide groups is 1. The van der Waals surface area contributed by atoms with Gasteiger partial charge in [-0.1, -0.05) is 0 Å². The molecule has 0 aliphatic carbocycles. The lowest BCUT2D eigenvalue weighted by Crippen LogP contribution is -2.49. The van der Waals surface area contributed by atoms with Crippen LogP contribution in [0, 0.1) is 13.8 Å². The molecule has 2 saturated heterocycles. The van der Waals surface area contributed by atoms with E-state index in [1.54, 1.807) is 0 Å². The minimum Gasteiger partial charge on any atom is -0.374 e. The third-order valence-corrected chi connectivity index (χ3v) is 4.22. The minimum absolute atomic E-state index is 0.00181. The Morgan fingerprint density at radius 3 is 2.91 bits per heavy atom. The van der Waals surface area contributed by atoms with Crippen molar-refractivity contribution in [1.82, 2.24) is 24.9 Å². The summed E-state index contributed by atoms with van der Waals surface area (Å²) >= 11 is 0. The number of amides is 3. The van der Waals surface area contributed by atoms with Gasteiger partial charge in [-0.15, -0.1) is 0 Å². The summed E-state index contributed by atoms with van der Waals surface area (Å²) in [5, 5.41) is 7.10. The van der Waals surface area contributed by atoms with E-state index in [1.165, 1.54) is 4.90 Å². The number of nitrogens with one attached hydrogen (secondary N) is 1. The summed E-state index contributed by atoms with van der Waals surface area (Å²) in [6.45, 7) is 7.87. The molecule has 2 aliphatic heterocycles. The maximum Gasteiger partial charge on any atom is 0.324 e. The van der Waals surface area contributed by atoms with Gasteiger partial charge in [0.1, 0.15) is 0 Å². The second-order valence-corrected chi connectivity index (χ2v) is 6.11. The van der Waals surface area contributed by atoms with Crippen LogP contribution in [0.25, 0.3) is 0 Å². The predicted molar refractivity (Wildman–Crippen MR) is 83.0 cm³/mol. The monoisotopic (exact) mass is 321 g/mol. The number of urea groups is 1. The van der Waals surface area contributed by atoms with E-state index in [1.807, 2.05) is 29.5 Å². The van der Waals surface area contributed by atoms with E-state index in [4.69, 9.17) is 4.74 Å². The normalized spacial score (nSPS) is 22.4. The average molecular weight is 321 g/mol. The van der Waals surface area contributed by atoms with Gasteiger partial charge in [0.25, 0.3) is 0 Å². The Kier molecular flexibility index (Phi) is 4.63. The van der Waals surface area contributed by atoms with E-state index in [2.05, 4.69) is 10.4 Å². The predicted octanol–water partition coefficient (Wildman–Crippen LogP) is -0.247. The second kappa shape index (κ2) is 6.67. The largest absolute Gasteiger partial charge is 0.374 e. The molecule has 2 fully saturated rings. The molecule has 0 spiro atoms. The highest BCUT2D eigenvalue weighted by Gasteiger charge is 2.29. The molecule has 1 aromatic heterocycles. The van der Waals surface area contributed by atoms with Gasteiger partial charge >= 0.3 is 6.03 Å². The number of rotatable bonds is 4. The van der Waals surface area contributed by atoms with Crippen molar-refractivity contribution in [2.75, 3.05) is 39.3 Å². The number of morpholine rings is 1. The van der Waals surface area contributed by atoms with Gasteiger partial charge in [-0.2, -0.15) is 5.10 Å². The Morgan fingerprint density at radius 1 is 1.43 bits per heavy atom. The van der Waals surface area contributed by atoms with Gasteiger partial charge in [0.2, 0.25) is 5.91 Å². The number of hydrogen-bond acceptors (Lipinski definition) is 5. The lowest BCUT2D eigenvalue weighted by molar-refractivity contribution is -0.131. The van der Waals surface area contributed by atoms with Crippen LogP contribution in [0.4, 0.5) is 4.79 Å². The molecule has 0 aromatic carbocycles. The minimum atomic E-state index is -0.289. The van der Waals surface area contributed by atoms with Crippen LogP contribution >= 0.6 is 0 Å². The first-order chi connectivity index (χ1) is 11.0. The number of aryl methyl sites for hydroxylation is 2. The number of nitrogens with zero attached hydrogens (tertiary/aromatic N) is 4. The van der Waals surface area contributed by atoms with Crippen molar-refractivity contribution in [2.24, 2.45) is 0 Å². The van der Waals surface area contributed by atoms with E-state index < -0.39 is 0 Å². The fourth-order valence-corrected chi connectivity index (χ4v) is 3.07. The molecule has 0 unspecified atom stereocenters. The number of carbonyl (C=O) groups is 2. The maximum atomic E-state index is 12.2. The van der Waals surface area contributed by atoms with Crippen molar-refractivity contribution in [3.8, 4) is 0 Å². The molecule has 1 aromatic rings. The molecule has 0 radical (unpaired) electrons. The van der Waals surface area contributed by atoms with Crippen LogP contribution in [-0.2, 0) is 16.1 Å². The van der Waals surface area contributed by atoms with Crippen LogP contribution in [0.3, 0.4) is 0 Å². The summed E-state index contributed by atoms with van der Waals surface area (Å²) in [6, 6.07) is 1.75. The molecule has 2 aliphatic rings. The highest BCUT2D eigenvalue weighted by molar-refractivity contribution is 5.96. The molecular weight excluding hydrogens is 298 g/mol. The van der Waals surface area contributed by atoms with Crippen LogP contribution in [0.15, 0.2) is 6.07 Å². The van der Waals surface area contributed by atoms with Crippen LogP contribution in [0.1, 0.15) is 11.4 Å². The molecule has 23 heavy (non-hydrogen) atoms. The number of carbonyl (C=O) groups excluding carboxylic acids is 2.